The molecule has 186 valence electrons. The fraction of sp³-hybridized carbons (Fsp3) is 0.519. The van der Waals surface area contributed by atoms with Crippen LogP contribution in [0, 0.1) is 35.1 Å². The van der Waals surface area contributed by atoms with E-state index in [1.165, 1.54) is 63.5 Å². The quantitative estimate of drug-likeness (QED) is 0.107. The highest BCUT2D eigenvalue weighted by atomic mass is 19.2. The summed E-state index contributed by atoms with van der Waals surface area (Å²) in [5.41, 5.74) is -0.420. The average molecular weight is 481 g/mol. The maximum atomic E-state index is 14.4. The van der Waals surface area contributed by atoms with Crippen LogP contribution in [0.15, 0.2) is 30.3 Å². The molecule has 1 saturated carbocycles. The Morgan fingerprint density at radius 3 is 2.09 bits per heavy atom. The lowest BCUT2D eigenvalue weighted by molar-refractivity contribution is 0.0728. The zero-order chi connectivity index (χ0) is 24.5. The van der Waals surface area contributed by atoms with Crippen LogP contribution in [0.2, 0.25) is 0 Å². The molecule has 7 heteroatoms. The number of hydrogen-bond acceptors (Lipinski definition) is 3. The summed E-state index contributed by atoms with van der Waals surface area (Å²) in [6.45, 7) is 2.71. The fourth-order valence-corrected chi connectivity index (χ4v) is 4.44. The third-order valence-corrected chi connectivity index (χ3v) is 6.50. The Hall–Kier alpha value is -2.57. The SMILES string of the molecule is CCCCCCC[C@H]1CC[C@H](COc2ccc(C(=O)Oc3cc(F)c(F)c(F)c3)c(F)c2)CC1. The molecule has 0 spiro atoms. The highest BCUT2D eigenvalue weighted by molar-refractivity contribution is 5.91. The van der Waals surface area contributed by atoms with Gasteiger partial charge in [0, 0.05) is 18.2 Å². The van der Waals surface area contributed by atoms with Crippen molar-refractivity contribution in [2.45, 2.75) is 71.1 Å². The van der Waals surface area contributed by atoms with Gasteiger partial charge >= 0.3 is 5.97 Å². The van der Waals surface area contributed by atoms with Crippen molar-refractivity contribution in [2.24, 2.45) is 11.8 Å². The molecule has 1 fully saturated rings. The van der Waals surface area contributed by atoms with Crippen LogP contribution in [0.4, 0.5) is 17.6 Å². The van der Waals surface area contributed by atoms with E-state index in [0.29, 0.717) is 30.4 Å². The molecule has 3 nitrogen and oxygen atoms in total. The highest BCUT2D eigenvalue weighted by Crippen LogP contribution is 2.33. The summed E-state index contributed by atoms with van der Waals surface area (Å²) < 4.78 is 64.6. The molecule has 0 heterocycles. The van der Waals surface area contributed by atoms with E-state index in [0.717, 1.165) is 24.8 Å². The largest absolute Gasteiger partial charge is 0.493 e. The Labute approximate surface area is 198 Å². The molecular weight excluding hydrogens is 448 g/mol. The number of carbonyl (C=O) groups excluding carboxylic acids is 1. The van der Waals surface area contributed by atoms with Crippen molar-refractivity contribution in [1.82, 2.24) is 0 Å². The molecule has 1 aliphatic rings. The second-order valence-electron chi connectivity index (χ2n) is 9.13. The van der Waals surface area contributed by atoms with Gasteiger partial charge in [0.1, 0.15) is 17.3 Å². The number of unbranched alkanes of at least 4 members (excludes halogenated alkanes) is 4. The van der Waals surface area contributed by atoms with Crippen molar-refractivity contribution < 1.29 is 31.8 Å². The van der Waals surface area contributed by atoms with Gasteiger partial charge in [-0.3, -0.25) is 0 Å². The average Bonchev–Trinajstić information content (AvgIpc) is 2.81. The molecule has 0 bridgehead atoms. The van der Waals surface area contributed by atoms with Crippen molar-refractivity contribution in [2.75, 3.05) is 6.61 Å². The van der Waals surface area contributed by atoms with E-state index in [1.807, 2.05) is 0 Å². The second-order valence-corrected chi connectivity index (χ2v) is 9.13. The normalized spacial score (nSPS) is 18.0. The van der Waals surface area contributed by atoms with Crippen molar-refractivity contribution >= 4 is 5.97 Å². The van der Waals surface area contributed by atoms with E-state index in [1.54, 1.807) is 0 Å². The molecule has 0 N–H and O–H groups in total. The number of ether oxygens (including phenoxy) is 2. The van der Waals surface area contributed by atoms with Crippen molar-refractivity contribution in [3.63, 3.8) is 0 Å². The van der Waals surface area contributed by atoms with Crippen LogP contribution in [0.3, 0.4) is 0 Å². The molecule has 0 unspecified atom stereocenters. The van der Waals surface area contributed by atoms with Crippen LogP contribution in [0.1, 0.15) is 81.5 Å². The van der Waals surface area contributed by atoms with Gasteiger partial charge in [-0.05, 0) is 36.8 Å². The highest BCUT2D eigenvalue weighted by Gasteiger charge is 2.22. The summed E-state index contributed by atoms with van der Waals surface area (Å²) in [4.78, 5) is 12.2. The Morgan fingerprint density at radius 1 is 0.824 bits per heavy atom. The smallest absolute Gasteiger partial charge is 0.346 e. The molecule has 0 atom stereocenters. The number of hydrogen-bond donors (Lipinski definition) is 0. The van der Waals surface area contributed by atoms with Crippen molar-refractivity contribution in [3.8, 4) is 11.5 Å². The molecule has 34 heavy (non-hydrogen) atoms. The van der Waals surface area contributed by atoms with Crippen LogP contribution in [-0.2, 0) is 0 Å². The van der Waals surface area contributed by atoms with Gasteiger partial charge in [-0.2, -0.15) is 0 Å². The molecular formula is C27H32F4O3. The molecule has 0 aliphatic heterocycles. The summed E-state index contributed by atoms with van der Waals surface area (Å²) in [5.74, 6) is -5.76. The van der Waals surface area contributed by atoms with Crippen LogP contribution in [0.5, 0.6) is 11.5 Å². The van der Waals surface area contributed by atoms with Crippen LogP contribution < -0.4 is 9.47 Å². The van der Waals surface area contributed by atoms with Gasteiger partial charge in [0.05, 0.1) is 12.2 Å². The minimum atomic E-state index is -1.68. The molecule has 1 aliphatic carbocycles. The van der Waals surface area contributed by atoms with Crippen LogP contribution >= 0.6 is 0 Å². The van der Waals surface area contributed by atoms with Gasteiger partial charge < -0.3 is 9.47 Å². The molecule has 0 saturated heterocycles. The summed E-state index contributed by atoms with van der Waals surface area (Å²) in [5, 5.41) is 0. The Balaban J connectivity index is 1.44. The number of benzene rings is 2. The minimum absolute atomic E-state index is 0.297. The van der Waals surface area contributed by atoms with Gasteiger partial charge in [-0.1, -0.05) is 58.3 Å². The van der Waals surface area contributed by atoms with Gasteiger partial charge in [-0.25, -0.2) is 22.4 Å². The van der Waals surface area contributed by atoms with Crippen molar-refractivity contribution in [1.29, 1.82) is 0 Å². The number of rotatable bonds is 11. The van der Waals surface area contributed by atoms with E-state index in [2.05, 4.69) is 6.92 Å². The van der Waals surface area contributed by atoms with Crippen LogP contribution in [0.25, 0.3) is 0 Å². The van der Waals surface area contributed by atoms with Gasteiger partial charge in [0.25, 0.3) is 0 Å². The summed E-state index contributed by atoms with van der Waals surface area (Å²) in [7, 11) is 0. The zero-order valence-electron chi connectivity index (χ0n) is 19.6. The zero-order valence-corrected chi connectivity index (χ0v) is 19.6. The number of esters is 1. The first kappa shape index (κ1) is 26.0. The second kappa shape index (κ2) is 12.8. The van der Waals surface area contributed by atoms with E-state index < -0.39 is 40.6 Å². The maximum Gasteiger partial charge on any atom is 0.346 e. The number of halogens is 4. The number of carbonyl (C=O) groups is 1. The lowest BCUT2D eigenvalue weighted by Crippen LogP contribution is -2.20. The third-order valence-electron chi connectivity index (χ3n) is 6.50. The first-order valence-corrected chi connectivity index (χ1v) is 12.2. The Morgan fingerprint density at radius 2 is 1.44 bits per heavy atom. The first-order valence-electron chi connectivity index (χ1n) is 12.2. The predicted molar refractivity (Wildman–Crippen MR) is 122 cm³/mol. The molecule has 3 rings (SSSR count). The Kier molecular flexibility index (Phi) is 9.78. The molecule has 2 aromatic rings. The van der Waals surface area contributed by atoms with Crippen LogP contribution in [-0.4, -0.2) is 12.6 Å². The maximum absolute atomic E-state index is 14.4. The standard InChI is InChI=1S/C27H32F4O3/c1-2-3-4-5-6-7-18-8-10-19(11-9-18)17-33-20-12-13-22(23(28)14-20)27(32)34-21-15-24(29)26(31)25(30)16-21/h12-16,18-19H,2-11,17H2,1H3/t18-,19-. The van der Waals surface area contributed by atoms with E-state index in [-0.39, 0.29) is 0 Å². The molecule has 0 aromatic heterocycles. The fourth-order valence-electron chi connectivity index (χ4n) is 4.44. The van der Waals surface area contributed by atoms with Gasteiger partial charge in [0.15, 0.2) is 17.5 Å². The summed E-state index contributed by atoms with van der Waals surface area (Å²) >= 11 is 0. The first-order chi connectivity index (χ1) is 16.4. The molecule has 2 aromatic carbocycles. The van der Waals surface area contributed by atoms with Gasteiger partial charge in [0.2, 0.25) is 0 Å². The molecule has 0 amide bonds. The third kappa shape index (κ3) is 7.47. The Bertz CT molecular complexity index is 932. The van der Waals surface area contributed by atoms with Gasteiger partial charge in [-0.15, -0.1) is 0 Å². The lowest BCUT2D eigenvalue weighted by atomic mass is 9.80. The summed E-state index contributed by atoms with van der Waals surface area (Å²) in [6.07, 6.45) is 12.4. The topological polar surface area (TPSA) is 35.5 Å². The van der Waals surface area contributed by atoms with E-state index >= 15 is 0 Å². The monoisotopic (exact) mass is 480 g/mol. The predicted octanol–water partition coefficient (Wildman–Crippen LogP) is 8.01. The van der Waals surface area contributed by atoms with E-state index in [4.69, 9.17) is 9.47 Å². The summed E-state index contributed by atoms with van der Waals surface area (Å²) in [6, 6.07) is 4.77. The van der Waals surface area contributed by atoms with Crippen molar-refractivity contribution in [3.05, 3.63) is 59.2 Å². The lowest BCUT2D eigenvalue weighted by Gasteiger charge is -2.28. The molecule has 0 radical (unpaired) electrons. The van der Waals surface area contributed by atoms with E-state index in [9.17, 15) is 22.4 Å². The minimum Gasteiger partial charge on any atom is -0.493 e.